The Morgan fingerprint density at radius 1 is 1.07 bits per heavy atom. The molecule has 0 bridgehead atoms. The standard InChI is InChI=1S/C22H24N2OS2/c1-17-16-26-20(24-17)14-8-9-15-23-22(25)21(18-10-4-2-5-11-18)27-19-12-6-3-7-13-19/h2-7,10-13,16,21H,8-9,14-15H2,1H3,(H,23,25). The van der Waals surface area contributed by atoms with Gasteiger partial charge in [-0.05, 0) is 43.9 Å². The summed E-state index contributed by atoms with van der Waals surface area (Å²) in [7, 11) is 0. The lowest BCUT2D eigenvalue weighted by atomic mass is 10.1. The van der Waals surface area contributed by atoms with Gasteiger partial charge in [-0.1, -0.05) is 48.5 Å². The molecule has 0 spiro atoms. The van der Waals surface area contributed by atoms with Crippen LogP contribution in [0.25, 0.3) is 0 Å². The van der Waals surface area contributed by atoms with E-state index in [9.17, 15) is 4.79 Å². The molecule has 1 heterocycles. The van der Waals surface area contributed by atoms with E-state index in [4.69, 9.17) is 0 Å². The summed E-state index contributed by atoms with van der Waals surface area (Å²) in [6.07, 6.45) is 2.98. The lowest BCUT2D eigenvalue weighted by Gasteiger charge is -2.17. The SMILES string of the molecule is Cc1csc(CCCCNC(=O)C(Sc2ccccc2)c2ccccc2)n1. The molecule has 1 aromatic heterocycles. The van der Waals surface area contributed by atoms with Crippen LogP contribution < -0.4 is 5.32 Å². The summed E-state index contributed by atoms with van der Waals surface area (Å²) in [5.74, 6) is 0.0696. The monoisotopic (exact) mass is 396 g/mol. The molecule has 3 nitrogen and oxygen atoms in total. The van der Waals surface area contributed by atoms with Crippen LogP contribution in [-0.2, 0) is 11.2 Å². The lowest BCUT2D eigenvalue weighted by molar-refractivity contribution is -0.120. The number of nitrogens with zero attached hydrogens (tertiary/aromatic N) is 1. The zero-order valence-corrected chi connectivity index (χ0v) is 17.1. The van der Waals surface area contributed by atoms with Crippen LogP contribution in [0, 0.1) is 6.92 Å². The lowest BCUT2D eigenvalue weighted by Crippen LogP contribution is -2.29. The van der Waals surface area contributed by atoms with Gasteiger partial charge < -0.3 is 5.32 Å². The molecule has 0 aliphatic rings. The van der Waals surface area contributed by atoms with Gasteiger partial charge in [-0.15, -0.1) is 23.1 Å². The summed E-state index contributed by atoms with van der Waals surface area (Å²) in [6.45, 7) is 2.72. The minimum absolute atomic E-state index is 0.0696. The number of benzene rings is 2. The van der Waals surface area contributed by atoms with Crippen LogP contribution in [0.1, 0.15) is 34.4 Å². The summed E-state index contributed by atoms with van der Waals surface area (Å²) >= 11 is 3.31. The molecule has 0 aliphatic heterocycles. The largest absolute Gasteiger partial charge is 0.355 e. The fraction of sp³-hybridized carbons (Fsp3) is 0.273. The maximum atomic E-state index is 12.8. The maximum Gasteiger partial charge on any atom is 0.237 e. The number of hydrogen-bond donors (Lipinski definition) is 1. The highest BCUT2D eigenvalue weighted by Gasteiger charge is 2.21. The fourth-order valence-corrected chi connectivity index (χ4v) is 4.65. The average Bonchev–Trinajstić information content (AvgIpc) is 3.12. The third-order valence-corrected chi connectivity index (χ3v) is 6.41. The van der Waals surface area contributed by atoms with E-state index in [2.05, 4.69) is 15.7 Å². The summed E-state index contributed by atoms with van der Waals surface area (Å²) < 4.78 is 0. The summed E-state index contributed by atoms with van der Waals surface area (Å²) in [4.78, 5) is 18.4. The Kier molecular flexibility index (Phi) is 7.48. The third-order valence-electron chi connectivity index (χ3n) is 4.12. The topological polar surface area (TPSA) is 42.0 Å². The Morgan fingerprint density at radius 2 is 1.78 bits per heavy atom. The van der Waals surface area contributed by atoms with Crippen LogP contribution in [0.4, 0.5) is 0 Å². The van der Waals surface area contributed by atoms with Gasteiger partial charge in [0.15, 0.2) is 0 Å². The molecular formula is C22H24N2OS2. The molecule has 5 heteroatoms. The van der Waals surface area contributed by atoms with Crippen molar-refractivity contribution in [3.05, 3.63) is 82.3 Å². The number of rotatable bonds is 9. The zero-order valence-electron chi connectivity index (χ0n) is 15.4. The first-order chi connectivity index (χ1) is 13.2. The van der Waals surface area contributed by atoms with Gasteiger partial charge in [0.25, 0.3) is 0 Å². The molecule has 3 rings (SSSR count). The van der Waals surface area contributed by atoms with Gasteiger partial charge in [0.05, 0.1) is 5.01 Å². The van der Waals surface area contributed by atoms with E-state index in [-0.39, 0.29) is 11.2 Å². The number of aromatic nitrogens is 1. The first-order valence-electron chi connectivity index (χ1n) is 9.18. The molecule has 1 unspecified atom stereocenters. The Morgan fingerprint density at radius 3 is 2.44 bits per heavy atom. The third kappa shape index (κ3) is 6.22. The minimum Gasteiger partial charge on any atom is -0.355 e. The normalized spacial score (nSPS) is 11.9. The molecule has 1 atom stereocenters. The minimum atomic E-state index is -0.241. The van der Waals surface area contributed by atoms with E-state index in [1.165, 1.54) is 5.01 Å². The highest BCUT2D eigenvalue weighted by molar-refractivity contribution is 8.00. The molecule has 1 N–H and O–H groups in total. The van der Waals surface area contributed by atoms with Gasteiger partial charge in [-0.2, -0.15) is 0 Å². The first-order valence-corrected chi connectivity index (χ1v) is 10.9. The van der Waals surface area contributed by atoms with Crippen LogP contribution in [-0.4, -0.2) is 17.4 Å². The number of amides is 1. The van der Waals surface area contributed by atoms with Crippen LogP contribution in [0.5, 0.6) is 0 Å². The second-order valence-corrected chi connectivity index (χ2v) is 8.47. The van der Waals surface area contributed by atoms with Crippen molar-refractivity contribution in [2.24, 2.45) is 0 Å². The van der Waals surface area contributed by atoms with Crippen LogP contribution >= 0.6 is 23.1 Å². The van der Waals surface area contributed by atoms with Crippen LogP contribution in [0.15, 0.2) is 70.9 Å². The van der Waals surface area contributed by atoms with Gasteiger partial charge in [0, 0.05) is 22.5 Å². The van der Waals surface area contributed by atoms with Crippen molar-refractivity contribution in [3.8, 4) is 0 Å². The zero-order chi connectivity index (χ0) is 18.9. The molecule has 27 heavy (non-hydrogen) atoms. The van der Waals surface area contributed by atoms with E-state index < -0.39 is 0 Å². The van der Waals surface area contributed by atoms with Crippen molar-refractivity contribution >= 4 is 29.0 Å². The quantitative estimate of drug-likeness (QED) is 0.388. The van der Waals surface area contributed by atoms with Crippen molar-refractivity contribution in [3.63, 3.8) is 0 Å². The summed E-state index contributed by atoms with van der Waals surface area (Å²) in [5.41, 5.74) is 2.12. The smallest absolute Gasteiger partial charge is 0.237 e. The number of thioether (sulfide) groups is 1. The molecule has 1 amide bonds. The van der Waals surface area contributed by atoms with E-state index in [0.29, 0.717) is 6.54 Å². The van der Waals surface area contributed by atoms with E-state index in [0.717, 1.165) is 35.4 Å². The number of carbonyl (C=O) groups excluding carboxylic acids is 1. The molecule has 0 saturated carbocycles. The highest BCUT2D eigenvalue weighted by atomic mass is 32.2. The second-order valence-electron chi connectivity index (χ2n) is 6.35. The predicted octanol–water partition coefficient (Wildman–Crippen LogP) is 5.42. The molecule has 0 radical (unpaired) electrons. The predicted molar refractivity (Wildman–Crippen MR) is 114 cm³/mol. The van der Waals surface area contributed by atoms with Crippen LogP contribution in [0.3, 0.4) is 0 Å². The van der Waals surface area contributed by atoms with Crippen molar-refractivity contribution in [1.82, 2.24) is 10.3 Å². The number of aryl methyl sites for hydroxylation is 2. The van der Waals surface area contributed by atoms with Gasteiger partial charge in [-0.3, -0.25) is 4.79 Å². The molecule has 3 aromatic rings. The number of hydrogen-bond acceptors (Lipinski definition) is 4. The summed E-state index contributed by atoms with van der Waals surface area (Å²) in [5, 5.41) is 6.14. The Bertz CT molecular complexity index is 834. The molecule has 140 valence electrons. The van der Waals surface area contributed by atoms with Gasteiger partial charge >= 0.3 is 0 Å². The Balaban J connectivity index is 1.53. The van der Waals surface area contributed by atoms with Crippen molar-refractivity contribution < 1.29 is 4.79 Å². The fourth-order valence-electron chi connectivity index (χ4n) is 2.76. The van der Waals surface area contributed by atoms with Crippen molar-refractivity contribution in [1.29, 1.82) is 0 Å². The molecule has 0 aliphatic carbocycles. The van der Waals surface area contributed by atoms with Crippen LogP contribution in [0.2, 0.25) is 0 Å². The molecule has 0 saturated heterocycles. The Hall–Kier alpha value is -2.11. The number of nitrogens with one attached hydrogen (secondary N) is 1. The maximum absolute atomic E-state index is 12.8. The van der Waals surface area contributed by atoms with Gasteiger partial charge in [0.2, 0.25) is 5.91 Å². The van der Waals surface area contributed by atoms with E-state index in [1.807, 2.05) is 67.6 Å². The number of unbranched alkanes of at least 4 members (excludes halogenated alkanes) is 1. The van der Waals surface area contributed by atoms with Gasteiger partial charge in [-0.25, -0.2) is 4.98 Å². The number of carbonyl (C=O) groups is 1. The van der Waals surface area contributed by atoms with E-state index >= 15 is 0 Å². The highest BCUT2D eigenvalue weighted by Crippen LogP contribution is 2.35. The molecular weight excluding hydrogens is 372 g/mol. The van der Waals surface area contributed by atoms with E-state index in [1.54, 1.807) is 23.1 Å². The molecule has 0 fully saturated rings. The summed E-state index contributed by atoms with van der Waals surface area (Å²) in [6, 6.07) is 20.1. The first kappa shape index (κ1) is 19.6. The van der Waals surface area contributed by atoms with Crippen molar-refractivity contribution in [2.75, 3.05) is 6.54 Å². The number of thiazole rings is 1. The average molecular weight is 397 g/mol. The Labute approximate surface area is 169 Å². The van der Waals surface area contributed by atoms with Crippen molar-refractivity contribution in [2.45, 2.75) is 36.3 Å². The van der Waals surface area contributed by atoms with Gasteiger partial charge in [0.1, 0.15) is 5.25 Å². The second kappa shape index (κ2) is 10.3. The molecule has 2 aromatic carbocycles.